The summed E-state index contributed by atoms with van der Waals surface area (Å²) in [5.74, 6) is 0.665. The van der Waals surface area contributed by atoms with Gasteiger partial charge < -0.3 is 5.32 Å². The number of fused-ring (bicyclic) bond motifs is 1. The van der Waals surface area contributed by atoms with Gasteiger partial charge in [0.1, 0.15) is 5.52 Å². The van der Waals surface area contributed by atoms with Crippen LogP contribution in [0, 0.1) is 0 Å². The summed E-state index contributed by atoms with van der Waals surface area (Å²) < 4.78 is 0. The van der Waals surface area contributed by atoms with E-state index < -0.39 is 0 Å². The van der Waals surface area contributed by atoms with Crippen molar-refractivity contribution in [1.82, 2.24) is 25.7 Å². The van der Waals surface area contributed by atoms with Crippen LogP contribution in [0.25, 0.3) is 22.4 Å². The van der Waals surface area contributed by atoms with Gasteiger partial charge in [-0.25, -0.2) is 4.98 Å². The van der Waals surface area contributed by atoms with Gasteiger partial charge in [-0.2, -0.15) is 0 Å². The fraction of sp³-hybridized carbons (Fsp3) is 0.100. The Hall–Kier alpha value is -2.90. The molecular weight excluding hydrogens is 394 g/mol. The number of thioether (sulfide) groups is 1. The lowest BCUT2D eigenvalue weighted by molar-refractivity contribution is 0.0956. The molecule has 2 heterocycles. The van der Waals surface area contributed by atoms with Gasteiger partial charge in [-0.1, -0.05) is 28.9 Å². The number of hydrogen-bond acceptors (Lipinski definition) is 5. The summed E-state index contributed by atoms with van der Waals surface area (Å²) in [5.41, 5.74) is 3.51. The van der Waals surface area contributed by atoms with Gasteiger partial charge in [0.15, 0.2) is 0 Å². The molecule has 2 aromatic heterocycles. The fourth-order valence-electron chi connectivity index (χ4n) is 2.68. The Labute approximate surface area is 170 Å². The first-order chi connectivity index (χ1) is 13.7. The van der Waals surface area contributed by atoms with Crippen LogP contribution in [0.3, 0.4) is 0 Å². The first kappa shape index (κ1) is 18.5. The summed E-state index contributed by atoms with van der Waals surface area (Å²) in [6, 6.07) is 18.8. The molecule has 0 aliphatic rings. The molecule has 0 radical (unpaired) electrons. The molecule has 8 heteroatoms. The number of aromatic nitrogens is 4. The Bertz CT molecular complexity index is 1110. The smallest absolute Gasteiger partial charge is 0.251 e. The maximum Gasteiger partial charge on any atom is 0.251 e. The molecule has 0 aliphatic carbocycles. The normalized spacial score (nSPS) is 10.9. The van der Waals surface area contributed by atoms with E-state index in [-0.39, 0.29) is 5.91 Å². The topological polar surface area (TPSA) is 83.6 Å². The molecule has 0 fully saturated rings. The lowest BCUT2D eigenvalue weighted by atomic mass is 10.1. The first-order valence-electron chi connectivity index (χ1n) is 8.64. The molecule has 0 unspecified atom stereocenters. The van der Waals surface area contributed by atoms with Gasteiger partial charge in [0, 0.05) is 33.3 Å². The molecule has 0 saturated carbocycles. The third kappa shape index (κ3) is 4.32. The van der Waals surface area contributed by atoms with Crippen LogP contribution in [-0.4, -0.2) is 38.6 Å². The number of nitrogens with one attached hydrogen (secondary N) is 2. The lowest BCUT2D eigenvalue weighted by Crippen LogP contribution is -2.25. The second-order valence-electron chi connectivity index (χ2n) is 6.02. The van der Waals surface area contributed by atoms with Crippen LogP contribution in [0.1, 0.15) is 10.4 Å². The monoisotopic (exact) mass is 409 g/mol. The largest absolute Gasteiger partial charge is 0.351 e. The van der Waals surface area contributed by atoms with E-state index in [0.717, 1.165) is 32.4 Å². The van der Waals surface area contributed by atoms with Crippen LogP contribution in [0.15, 0.2) is 65.6 Å². The molecular formula is C20H16ClN5OS. The van der Waals surface area contributed by atoms with Crippen molar-refractivity contribution in [2.24, 2.45) is 0 Å². The zero-order valence-electron chi connectivity index (χ0n) is 14.7. The Morgan fingerprint density at radius 1 is 1.11 bits per heavy atom. The molecule has 6 nitrogen and oxygen atoms in total. The van der Waals surface area contributed by atoms with Crippen molar-refractivity contribution in [3.05, 3.63) is 71.2 Å². The van der Waals surface area contributed by atoms with E-state index in [1.54, 1.807) is 17.8 Å². The van der Waals surface area contributed by atoms with Crippen LogP contribution in [-0.2, 0) is 0 Å². The zero-order valence-corrected chi connectivity index (χ0v) is 16.3. The highest BCUT2D eigenvalue weighted by atomic mass is 35.5. The average molecular weight is 410 g/mol. The van der Waals surface area contributed by atoms with Gasteiger partial charge >= 0.3 is 0 Å². The average Bonchev–Trinajstić information content (AvgIpc) is 3.20. The van der Waals surface area contributed by atoms with Gasteiger partial charge in [-0.05, 0) is 48.5 Å². The molecule has 0 aliphatic heterocycles. The van der Waals surface area contributed by atoms with Crippen molar-refractivity contribution in [2.75, 3.05) is 12.3 Å². The highest BCUT2D eigenvalue weighted by molar-refractivity contribution is 7.99. The summed E-state index contributed by atoms with van der Waals surface area (Å²) in [7, 11) is 0. The van der Waals surface area contributed by atoms with E-state index in [1.807, 2.05) is 54.6 Å². The van der Waals surface area contributed by atoms with Crippen LogP contribution >= 0.6 is 23.4 Å². The molecule has 0 saturated heterocycles. The fourth-order valence-corrected chi connectivity index (χ4v) is 3.58. The van der Waals surface area contributed by atoms with E-state index >= 15 is 0 Å². The Kier molecular flexibility index (Phi) is 5.55. The summed E-state index contributed by atoms with van der Waals surface area (Å²) in [5, 5.41) is 14.1. The number of amides is 1. The van der Waals surface area contributed by atoms with Crippen molar-refractivity contribution < 1.29 is 4.79 Å². The maximum absolute atomic E-state index is 12.5. The number of nitrogens with zero attached hydrogens (tertiary/aromatic N) is 3. The predicted octanol–water partition coefficient (Wildman–Crippen LogP) is 4.20. The number of H-pyrrole nitrogens is 1. The van der Waals surface area contributed by atoms with Gasteiger partial charge in [0.2, 0.25) is 5.65 Å². The zero-order chi connectivity index (χ0) is 19.3. The number of halogens is 1. The molecule has 2 N–H and O–H groups in total. The molecule has 140 valence electrons. The van der Waals surface area contributed by atoms with Crippen molar-refractivity contribution in [2.45, 2.75) is 4.90 Å². The van der Waals surface area contributed by atoms with Crippen molar-refractivity contribution >= 4 is 40.4 Å². The minimum atomic E-state index is -0.110. The minimum absolute atomic E-state index is 0.110. The second kappa shape index (κ2) is 8.41. The standard InChI is InChI=1S/C20H16ClN5OS/c21-15-4-6-16(7-5-15)28-11-10-22-20(27)14-3-1-2-13(12-14)17-8-9-18-19(23-17)25-26-24-18/h1-9,12H,10-11H2,(H,22,27)(H,23,24,25,26). The molecule has 4 rings (SSSR count). The Morgan fingerprint density at radius 2 is 1.96 bits per heavy atom. The van der Waals surface area contributed by atoms with Gasteiger partial charge in [-0.15, -0.1) is 16.9 Å². The number of pyridine rings is 1. The third-order valence-electron chi connectivity index (χ3n) is 4.08. The van der Waals surface area contributed by atoms with Crippen LogP contribution in [0.4, 0.5) is 0 Å². The third-order valence-corrected chi connectivity index (χ3v) is 5.35. The molecule has 0 atom stereocenters. The minimum Gasteiger partial charge on any atom is -0.351 e. The van der Waals surface area contributed by atoms with Crippen LogP contribution < -0.4 is 5.32 Å². The number of aromatic amines is 1. The van der Waals surface area contributed by atoms with E-state index in [9.17, 15) is 4.79 Å². The number of carbonyl (C=O) groups is 1. The summed E-state index contributed by atoms with van der Waals surface area (Å²) >= 11 is 7.55. The lowest BCUT2D eigenvalue weighted by Gasteiger charge is -2.07. The van der Waals surface area contributed by atoms with E-state index in [0.29, 0.717) is 17.8 Å². The quantitative estimate of drug-likeness (QED) is 0.368. The number of carbonyl (C=O) groups excluding carboxylic acids is 1. The number of hydrogen-bond donors (Lipinski definition) is 2. The Morgan fingerprint density at radius 3 is 2.82 bits per heavy atom. The predicted molar refractivity (Wildman–Crippen MR) is 112 cm³/mol. The van der Waals surface area contributed by atoms with Crippen LogP contribution in [0.2, 0.25) is 5.02 Å². The van der Waals surface area contributed by atoms with Crippen molar-refractivity contribution in [3.63, 3.8) is 0 Å². The molecule has 1 amide bonds. The van der Waals surface area contributed by atoms with Crippen molar-refractivity contribution in [1.29, 1.82) is 0 Å². The SMILES string of the molecule is O=C(NCCSc1ccc(Cl)cc1)c1cccc(-c2ccc3[nH]nnc3n2)c1. The number of benzene rings is 2. The maximum atomic E-state index is 12.5. The van der Waals surface area contributed by atoms with E-state index in [4.69, 9.17) is 11.6 Å². The van der Waals surface area contributed by atoms with Crippen molar-refractivity contribution in [3.8, 4) is 11.3 Å². The molecule has 2 aromatic carbocycles. The molecule has 4 aromatic rings. The first-order valence-corrected chi connectivity index (χ1v) is 10.0. The molecule has 0 bridgehead atoms. The summed E-state index contributed by atoms with van der Waals surface area (Å²) in [6.07, 6.45) is 0. The van der Waals surface area contributed by atoms with E-state index in [2.05, 4.69) is 25.7 Å². The van der Waals surface area contributed by atoms with E-state index in [1.165, 1.54) is 0 Å². The van der Waals surface area contributed by atoms with Gasteiger partial charge in [0.25, 0.3) is 5.91 Å². The summed E-state index contributed by atoms with van der Waals surface area (Å²) in [6.45, 7) is 0.569. The molecule has 0 spiro atoms. The number of rotatable bonds is 6. The summed E-state index contributed by atoms with van der Waals surface area (Å²) in [4.78, 5) is 18.1. The molecule has 28 heavy (non-hydrogen) atoms. The van der Waals surface area contributed by atoms with Gasteiger partial charge in [-0.3, -0.25) is 9.89 Å². The van der Waals surface area contributed by atoms with Crippen LogP contribution in [0.5, 0.6) is 0 Å². The Balaban J connectivity index is 1.37. The second-order valence-corrected chi connectivity index (χ2v) is 7.62. The van der Waals surface area contributed by atoms with Gasteiger partial charge in [0.05, 0.1) is 5.69 Å². The highest BCUT2D eigenvalue weighted by Gasteiger charge is 2.09. The highest BCUT2D eigenvalue weighted by Crippen LogP contribution is 2.21.